The Labute approximate surface area is 125 Å². The third-order valence-corrected chi connectivity index (χ3v) is 4.63. The molecule has 6 nitrogen and oxygen atoms in total. The Morgan fingerprint density at radius 1 is 1.29 bits per heavy atom. The first-order chi connectivity index (χ1) is 10.0. The minimum atomic E-state index is -3.46. The fourth-order valence-corrected chi connectivity index (χ4v) is 3.17. The van der Waals surface area contributed by atoms with E-state index >= 15 is 0 Å². The third-order valence-electron chi connectivity index (χ3n) is 3.21. The summed E-state index contributed by atoms with van der Waals surface area (Å²) in [6.07, 6.45) is 5.66. The van der Waals surface area contributed by atoms with E-state index in [1.165, 1.54) is 0 Å². The van der Waals surface area contributed by atoms with Crippen LogP contribution in [0.1, 0.15) is 11.3 Å². The molecule has 0 atom stereocenters. The summed E-state index contributed by atoms with van der Waals surface area (Å²) < 4.78 is 28.9. The predicted octanol–water partition coefficient (Wildman–Crippen LogP) is 0.660. The van der Waals surface area contributed by atoms with E-state index in [9.17, 15) is 8.42 Å². The summed E-state index contributed by atoms with van der Waals surface area (Å²) in [6, 6.07) is 5.44. The van der Waals surface area contributed by atoms with Gasteiger partial charge >= 0.3 is 0 Å². The molecule has 2 N–H and O–H groups in total. The van der Waals surface area contributed by atoms with Crippen LogP contribution in [0.4, 0.5) is 0 Å². The number of aromatic nitrogens is 2. The first-order valence-electron chi connectivity index (χ1n) is 6.71. The molecule has 0 aliphatic heterocycles. The van der Waals surface area contributed by atoms with E-state index in [2.05, 4.69) is 15.0 Å². The Balaban J connectivity index is 2.00. The Kier molecular flexibility index (Phi) is 5.11. The molecule has 0 aliphatic rings. The van der Waals surface area contributed by atoms with Crippen LogP contribution in [0.15, 0.2) is 41.7 Å². The topological polar surface area (TPSA) is 76.0 Å². The first-order valence-corrected chi connectivity index (χ1v) is 8.19. The van der Waals surface area contributed by atoms with Crippen molar-refractivity contribution < 1.29 is 8.42 Å². The smallest absolute Gasteiger partial charge is 0.242 e. The SMILES string of the molecule is CNCc1cc(S(=O)(=O)NCCc2ccncc2)cn1C. The van der Waals surface area contributed by atoms with Crippen LogP contribution < -0.4 is 10.0 Å². The number of sulfonamides is 1. The first kappa shape index (κ1) is 15.7. The number of nitrogens with one attached hydrogen (secondary N) is 2. The molecular weight excluding hydrogens is 288 g/mol. The van der Waals surface area contributed by atoms with Gasteiger partial charge < -0.3 is 9.88 Å². The van der Waals surface area contributed by atoms with Gasteiger partial charge in [0, 0.05) is 44.4 Å². The van der Waals surface area contributed by atoms with E-state index in [1.54, 1.807) is 24.7 Å². The number of aryl methyl sites for hydroxylation is 1. The van der Waals surface area contributed by atoms with Crippen molar-refractivity contribution >= 4 is 10.0 Å². The highest BCUT2D eigenvalue weighted by Gasteiger charge is 2.16. The third kappa shape index (κ3) is 4.13. The summed E-state index contributed by atoms with van der Waals surface area (Å²) >= 11 is 0. The lowest BCUT2D eigenvalue weighted by Gasteiger charge is -2.04. The van der Waals surface area contributed by atoms with Crippen molar-refractivity contribution in [3.63, 3.8) is 0 Å². The second-order valence-corrected chi connectivity index (χ2v) is 6.58. The van der Waals surface area contributed by atoms with Crippen LogP contribution in [0.3, 0.4) is 0 Å². The van der Waals surface area contributed by atoms with Crippen molar-refractivity contribution in [2.75, 3.05) is 13.6 Å². The summed E-state index contributed by atoms with van der Waals surface area (Å²) in [5.41, 5.74) is 1.98. The highest BCUT2D eigenvalue weighted by Crippen LogP contribution is 2.13. The van der Waals surface area contributed by atoms with E-state index in [1.807, 2.05) is 30.8 Å². The predicted molar refractivity (Wildman–Crippen MR) is 81.3 cm³/mol. The second-order valence-electron chi connectivity index (χ2n) is 4.81. The van der Waals surface area contributed by atoms with Crippen LogP contribution in [0.2, 0.25) is 0 Å². The fourth-order valence-electron chi connectivity index (χ4n) is 2.04. The highest BCUT2D eigenvalue weighted by molar-refractivity contribution is 7.89. The molecule has 2 aromatic rings. The van der Waals surface area contributed by atoms with Crippen LogP contribution >= 0.6 is 0 Å². The number of hydrogen-bond acceptors (Lipinski definition) is 4. The summed E-state index contributed by atoms with van der Waals surface area (Å²) in [5.74, 6) is 0. The Morgan fingerprint density at radius 3 is 2.67 bits per heavy atom. The Hall–Kier alpha value is -1.70. The van der Waals surface area contributed by atoms with Crippen molar-refractivity contribution in [2.24, 2.45) is 7.05 Å². The quantitative estimate of drug-likeness (QED) is 0.788. The van der Waals surface area contributed by atoms with E-state index < -0.39 is 10.0 Å². The molecule has 0 spiro atoms. The van der Waals surface area contributed by atoms with Crippen LogP contribution in [-0.4, -0.2) is 31.6 Å². The molecule has 114 valence electrons. The van der Waals surface area contributed by atoms with Gasteiger partial charge in [-0.15, -0.1) is 0 Å². The van der Waals surface area contributed by atoms with Gasteiger partial charge in [-0.1, -0.05) is 0 Å². The number of nitrogens with zero attached hydrogens (tertiary/aromatic N) is 2. The van der Waals surface area contributed by atoms with Gasteiger partial charge in [-0.25, -0.2) is 13.1 Å². The van der Waals surface area contributed by atoms with Crippen LogP contribution in [0.5, 0.6) is 0 Å². The number of pyridine rings is 1. The average Bonchev–Trinajstić information content (AvgIpc) is 2.83. The molecule has 0 aromatic carbocycles. The zero-order chi connectivity index (χ0) is 15.3. The summed E-state index contributed by atoms with van der Waals surface area (Å²) in [7, 11) is 0.199. The molecular formula is C14H20N4O2S. The molecule has 0 fully saturated rings. The van der Waals surface area contributed by atoms with Crippen molar-refractivity contribution in [1.29, 1.82) is 0 Å². The molecule has 0 aliphatic carbocycles. The maximum atomic E-state index is 12.2. The lowest BCUT2D eigenvalue weighted by molar-refractivity contribution is 0.581. The van der Waals surface area contributed by atoms with E-state index in [4.69, 9.17) is 0 Å². The monoisotopic (exact) mass is 308 g/mol. The number of rotatable bonds is 7. The van der Waals surface area contributed by atoms with Gasteiger partial charge in [0.15, 0.2) is 0 Å². The van der Waals surface area contributed by atoms with Crippen molar-refractivity contribution in [1.82, 2.24) is 19.6 Å². The highest BCUT2D eigenvalue weighted by atomic mass is 32.2. The maximum Gasteiger partial charge on any atom is 0.242 e. The maximum absolute atomic E-state index is 12.2. The normalized spacial score (nSPS) is 11.7. The Bertz CT molecular complexity index is 680. The van der Waals surface area contributed by atoms with Crippen molar-refractivity contribution in [3.8, 4) is 0 Å². The zero-order valence-electron chi connectivity index (χ0n) is 12.2. The lowest BCUT2D eigenvalue weighted by atomic mass is 10.2. The minimum Gasteiger partial charge on any atom is -0.352 e. The molecule has 0 saturated heterocycles. The minimum absolute atomic E-state index is 0.296. The summed E-state index contributed by atoms with van der Waals surface area (Å²) in [5, 5.41) is 3.01. The molecule has 0 saturated carbocycles. The molecule has 7 heteroatoms. The van der Waals surface area contributed by atoms with Crippen LogP contribution in [0.25, 0.3) is 0 Å². The second kappa shape index (κ2) is 6.84. The fraction of sp³-hybridized carbons (Fsp3) is 0.357. The molecule has 0 amide bonds. The van der Waals surface area contributed by atoms with Gasteiger partial charge in [-0.2, -0.15) is 0 Å². The molecule has 21 heavy (non-hydrogen) atoms. The zero-order valence-corrected chi connectivity index (χ0v) is 13.0. The molecule has 2 heterocycles. The molecule has 0 unspecified atom stereocenters. The molecule has 2 rings (SSSR count). The van der Waals surface area contributed by atoms with E-state index in [0.29, 0.717) is 24.4 Å². The molecule has 2 aromatic heterocycles. The van der Waals surface area contributed by atoms with Crippen molar-refractivity contribution in [3.05, 3.63) is 48.0 Å². The van der Waals surface area contributed by atoms with E-state index in [0.717, 1.165) is 11.3 Å². The molecule has 0 bridgehead atoms. The summed E-state index contributed by atoms with van der Waals surface area (Å²) in [6.45, 7) is 0.992. The van der Waals surface area contributed by atoms with Crippen molar-refractivity contribution in [2.45, 2.75) is 17.9 Å². The van der Waals surface area contributed by atoms with E-state index in [-0.39, 0.29) is 0 Å². The largest absolute Gasteiger partial charge is 0.352 e. The van der Waals surface area contributed by atoms with Gasteiger partial charge in [0.2, 0.25) is 10.0 Å². The van der Waals surface area contributed by atoms with Gasteiger partial charge in [0.05, 0.1) is 4.90 Å². The average molecular weight is 308 g/mol. The van der Waals surface area contributed by atoms with Gasteiger partial charge in [-0.05, 0) is 37.2 Å². The van der Waals surface area contributed by atoms with Crippen LogP contribution in [-0.2, 0) is 30.0 Å². The van der Waals surface area contributed by atoms with Gasteiger partial charge in [0.25, 0.3) is 0 Å². The molecule has 0 radical (unpaired) electrons. The summed E-state index contributed by atoms with van der Waals surface area (Å²) in [4.78, 5) is 4.23. The lowest BCUT2D eigenvalue weighted by Crippen LogP contribution is -2.25. The number of hydrogen-bond donors (Lipinski definition) is 2. The van der Waals surface area contributed by atoms with Crippen LogP contribution in [0, 0.1) is 0 Å². The van der Waals surface area contributed by atoms with Gasteiger partial charge in [0.1, 0.15) is 0 Å². The Morgan fingerprint density at radius 2 is 2.00 bits per heavy atom. The van der Waals surface area contributed by atoms with Gasteiger partial charge in [-0.3, -0.25) is 4.98 Å². The standard InChI is InChI=1S/C14H20N4O2S/c1-15-10-13-9-14(11-18(13)2)21(19,20)17-8-5-12-3-6-16-7-4-12/h3-4,6-7,9,11,15,17H,5,8,10H2,1-2H3.